The summed E-state index contributed by atoms with van der Waals surface area (Å²) in [5.41, 5.74) is 4.49. The van der Waals surface area contributed by atoms with Crippen molar-refractivity contribution in [2.45, 2.75) is 13.3 Å². The Morgan fingerprint density at radius 3 is 2.58 bits per heavy atom. The van der Waals surface area contributed by atoms with E-state index in [2.05, 4.69) is 21.8 Å². The maximum atomic E-state index is 11.9. The molecule has 0 aliphatic heterocycles. The summed E-state index contributed by atoms with van der Waals surface area (Å²) in [4.78, 5) is 23.7. The lowest BCUT2D eigenvalue weighted by molar-refractivity contribution is -0.136. The first-order valence-corrected chi connectivity index (χ1v) is 8.02. The van der Waals surface area contributed by atoms with Crippen molar-refractivity contribution in [2.75, 3.05) is 11.9 Å². The van der Waals surface area contributed by atoms with Crippen LogP contribution in [-0.2, 0) is 16.0 Å². The second-order valence-corrected chi connectivity index (χ2v) is 5.23. The third-order valence-corrected chi connectivity index (χ3v) is 3.43. The maximum Gasteiger partial charge on any atom is 0.329 e. The van der Waals surface area contributed by atoms with E-state index in [0.717, 1.165) is 12.0 Å². The molecule has 0 atom stereocenters. The van der Waals surface area contributed by atoms with Gasteiger partial charge in [0, 0.05) is 11.3 Å². The van der Waals surface area contributed by atoms with Gasteiger partial charge in [0.05, 0.1) is 6.21 Å². The van der Waals surface area contributed by atoms with E-state index in [4.69, 9.17) is 11.2 Å². The minimum atomic E-state index is -0.872. The molecule has 0 radical (unpaired) electrons. The van der Waals surface area contributed by atoms with Crippen LogP contribution in [0.2, 0.25) is 0 Å². The summed E-state index contributed by atoms with van der Waals surface area (Å²) in [6, 6.07) is 14.3. The highest BCUT2D eigenvalue weighted by molar-refractivity contribution is 6.39. The average Bonchev–Trinajstić information content (AvgIpc) is 2.67. The molecular formula is C20H19N3O3. The second-order valence-electron chi connectivity index (χ2n) is 5.23. The van der Waals surface area contributed by atoms with Crippen molar-refractivity contribution in [3.05, 3.63) is 59.7 Å². The van der Waals surface area contributed by atoms with Crippen molar-refractivity contribution in [3.8, 4) is 18.1 Å². The molecule has 0 spiro atoms. The number of anilines is 1. The van der Waals surface area contributed by atoms with Crippen LogP contribution in [-0.4, -0.2) is 24.6 Å². The lowest BCUT2D eigenvalue weighted by Gasteiger charge is -2.06. The number of aryl methyl sites for hydroxylation is 1. The molecule has 0 aliphatic rings. The zero-order valence-corrected chi connectivity index (χ0v) is 14.4. The van der Waals surface area contributed by atoms with Crippen molar-refractivity contribution < 1.29 is 14.3 Å². The maximum absolute atomic E-state index is 11.9. The molecular weight excluding hydrogens is 330 g/mol. The minimum absolute atomic E-state index is 0.121. The minimum Gasteiger partial charge on any atom is -0.480 e. The van der Waals surface area contributed by atoms with Crippen molar-refractivity contribution in [3.63, 3.8) is 0 Å². The van der Waals surface area contributed by atoms with Crippen LogP contribution < -0.4 is 15.5 Å². The van der Waals surface area contributed by atoms with E-state index in [1.807, 2.05) is 19.1 Å². The number of nitrogens with zero attached hydrogens (tertiary/aromatic N) is 1. The molecule has 0 aliphatic carbocycles. The number of hydrogen-bond donors (Lipinski definition) is 2. The molecule has 0 saturated carbocycles. The number of benzene rings is 2. The number of amides is 2. The highest BCUT2D eigenvalue weighted by Crippen LogP contribution is 2.15. The van der Waals surface area contributed by atoms with Crippen LogP contribution in [0.1, 0.15) is 18.1 Å². The zero-order valence-electron chi connectivity index (χ0n) is 14.4. The summed E-state index contributed by atoms with van der Waals surface area (Å²) < 4.78 is 5.37. The summed E-state index contributed by atoms with van der Waals surface area (Å²) in [5, 5.41) is 6.29. The molecule has 6 heteroatoms. The van der Waals surface area contributed by atoms with Crippen molar-refractivity contribution >= 4 is 23.7 Å². The van der Waals surface area contributed by atoms with Gasteiger partial charge in [0.1, 0.15) is 12.4 Å². The van der Waals surface area contributed by atoms with Gasteiger partial charge >= 0.3 is 11.8 Å². The summed E-state index contributed by atoms with van der Waals surface area (Å²) >= 11 is 0. The van der Waals surface area contributed by atoms with Crippen LogP contribution >= 0.6 is 0 Å². The van der Waals surface area contributed by atoms with E-state index in [-0.39, 0.29) is 6.61 Å². The quantitative estimate of drug-likeness (QED) is 0.364. The Bertz CT molecular complexity index is 836. The van der Waals surface area contributed by atoms with Crippen LogP contribution in [0.3, 0.4) is 0 Å². The summed E-state index contributed by atoms with van der Waals surface area (Å²) in [7, 11) is 0. The van der Waals surface area contributed by atoms with Gasteiger partial charge in [0.15, 0.2) is 0 Å². The lowest BCUT2D eigenvalue weighted by atomic mass is 10.1. The fraction of sp³-hybridized carbons (Fsp3) is 0.150. The van der Waals surface area contributed by atoms with Gasteiger partial charge in [-0.05, 0) is 36.2 Å². The number of nitrogens with one attached hydrogen (secondary N) is 2. The molecule has 2 amide bonds. The standard InChI is InChI=1S/C20H19N3O3/c1-3-13-26-18-8-6-5-7-16(18)14-21-23-20(25)19(24)22-17-11-9-15(4-2)10-12-17/h1,5-12,14H,4,13H2,2H3,(H,22,24)(H,23,25). The predicted molar refractivity (Wildman–Crippen MR) is 101 cm³/mol. The Balaban J connectivity index is 1.92. The third-order valence-electron chi connectivity index (χ3n) is 3.43. The van der Waals surface area contributed by atoms with Gasteiger partial charge in [-0.25, -0.2) is 5.43 Å². The molecule has 0 fully saturated rings. The lowest BCUT2D eigenvalue weighted by Crippen LogP contribution is -2.32. The Labute approximate surface area is 152 Å². The SMILES string of the molecule is C#CCOc1ccccc1C=NNC(=O)C(=O)Nc1ccc(CC)cc1. The predicted octanol–water partition coefficient (Wildman–Crippen LogP) is 2.35. The molecule has 6 nitrogen and oxygen atoms in total. The molecule has 2 aromatic rings. The Kier molecular flexibility index (Phi) is 6.95. The third kappa shape index (κ3) is 5.49. The zero-order chi connectivity index (χ0) is 18.8. The summed E-state index contributed by atoms with van der Waals surface area (Å²) in [6.45, 7) is 2.16. The normalized spacial score (nSPS) is 10.2. The molecule has 0 heterocycles. The Hall–Kier alpha value is -3.59. The molecule has 0 unspecified atom stereocenters. The number of para-hydroxylation sites is 1. The largest absolute Gasteiger partial charge is 0.480 e. The monoisotopic (exact) mass is 349 g/mol. The van der Waals surface area contributed by atoms with Gasteiger partial charge in [0.25, 0.3) is 0 Å². The molecule has 2 N–H and O–H groups in total. The van der Waals surface area contributed by atoms with Crippen LogP contribution in [0.5, 0.6) is 5.75 Å². The van der Waals surface area contributed by atoms with Crippen LogP contribution in [0.15, 0.2) is 53.6 Å². The highest BCUT2D eigenvalue weighted by atomic mass is 16.5. The van der Waals surface area contributed by atoms with Crippen molar-refractivity contribution in [1.29, 1.82) is 0 Å². The van der Waals surface area contributed by atoms with Gasteiger partial charge in [-0.3, -0.25) is 9.59 Å². The van der Waals surface area contributed by atoms with Crippen LogP contribution in [0.4, 0.5) is 5.69 Å². The number of hydrogen-bond acceptors (Lipinski definition) is 4. The molecule has 132 valence electrons. The van der Waals surface area contributed by atoms with E-state index in [9.17, 15) is 9.59 Å². The average molecular weight is 349 g/mol. The van der Waals surface area contributed by atoms with Gasteiger partial charge in [0.2, 0.25) is 0 Å². The first-order valence-electron chi connectivity index (χ1n) is 8.02. The molecule has 2 aromatic carbocycles. The second kappa shape index (κ2) is 9.64. The van der Waals surface area contributed by atoms with E-state index in [0.29, 0.717) is 17.0 Å². The summed E-state index contributed by atoms with van der Waals surface area (Å²) in [5.74, 6) is 1.23. The number of ether oxygens (including phenoxy) is 1. The molecule has 26 heavy (non-hydrogen) atoms. The fourth-order valence-electron chi connectivity index (χ4n) is 2.06. The van der Waals surface area contributed by atoms with Gasteiger partial charge in [-0.15, -0.1) is 6.42 Å². The smallest absolute Gasteiger partial charge is 0.329 e. The van der Waals surface area contributed by atoms with Gasteiger partial charge < -0.3 is 10.1 Å². The van der Waals surface area contributed by atoms with Crippen molar-refractivity contribution in [1.82, 2.24) is 5.43 Å². The first kappa shape index (κ1) is 18.7. The fourth-order valence-corrected chi connectivity index (χ4v) is 2.06. The Morgan fingerprint density at radius 2 is 1.88 bits per heavy atom. The van der Waals surface area contributed by atoms with E-state index in [1.54, 1.807) is 36.4 Å². The van der Waals surface area contributed by atoms with Gasteiger partial charge in [-0.1, -0.05) is 37.1 Å². The number of carbonyl (C=O) groups excluding carboxylic acids is 2. The highest BCUT2D eigenvalue weighted by Gasteiger charge is 2.12. The van der Waals surface area contributed by atoms with E-state index in [1.165, 1.54) is 6.21 Å². The molecule has 0 bridgehead atoms. The number of carbonyl (C=O) groups is 2. The molecule has 2 rings (SSSR count). The van der Waals surface area contributed by atoms with Crippen LogP contribution in [0, 0.1) is 12.3 Å². The molecule has 0 saturated heterocycles. The first-order chi connectivity index (χ1) is 12.6. The molecule has 0 aromatic heterocycles. The van der Waals surface area contributed by atoms with Gasteiger partial charge in [-0.2, -0.15) is 5.10 Å². The van der Waals surface area contributed by atoms with E-state index < -0.39 is 11.8 Å². The van der Waals surface area contributed by atoms with E-state index >= 15 is 0 Å². The number of hydrazone groups is 1. The number of terminal acetylenes is 1. The van der Waals surface area contributed by atoms with Crippen molar-refractivity contribution in [2.24, 2.45) is 5.10 Å². The Morgan fingerprint density at radius 1 is 1.15 bits per heavy atom. The summed E-state index contributed by atoms with van der Waals surface area (Å²) in [6.07, 6.45) is 7.45. The number of rotatable bonds is 6. The van der Waals surface area contributed by atoms with Crippen LogP contribution in [0.25, 0.3) is 0 Å². The topological polar surface area (TPSA) is 79.8 Å².